The summed E-state index contributed by atoms with van der Waals surface area (Å²) in [7, 11) is 1.59. The zero-order chi connectivity index (χ0) is 15.3. The summed E-state index contributed by atoms with van der Waals surface area (Å²) in [5.41, 5.74) is 0.923. The number of methoxy groups -OCH3 is 1. The van der Waals surface area contributed by atoms with Crippen LogP contribution in [0.3, 0.4) is 0 Å². The minimum atomic E-state index is -1.13. The van der Waals surface area contributed by atoms with E-state index in [4.69, 9.17) is 9.84 Å². The van der Waals surface area contributed by atoms with Crippen LogP contribution in [0.5, 0.6) is 5.75 Å². The van der Waals surface area contributed by atoms with Gasteiger partial charge in [-0.25, -0.2) is 0 Å². The fourth-order valence-electron chi connectivity index (χ4n) is 1.84. The van der Waals surface area contributed by atoms with Crippen molar-refractivity contribution in [2.75, 3.05) is 7.11 Å². The van der Waals surface area contributed by atoms with E-state index in [2.05, 4.69) is 5.32 Å². The first kappa shape index (κ1) is 16.0. The van der Waals surface area contributed by atoms with Crippen LogP contribution in [0, 0.1) is 11.8 Å². The number of hydrogen-bond donors (Lipinski definition) is 2. The lowest BCUT2D eigenvalue weighted by Crippen LogP contribution is -2.38. The maximum atomic E-state index is 11.9. The molecule has 0 heterocycles. The van der Waals surface area contributed by atoms with Crippen molar-refractivity contribution in [3.63, 3.8) is 0 Å². The van der Waals surface area contributed by atoms with Crippen LogP contribution in [0.4, 0.5) is 0 Å². The van der Waals surface area contributed by atoms with Crippen molar-refractivity contribution in [1.82, 2.24) is 5.32 Å². The average Bonchev–Trinajstić information content (AvgIpc) is 2.43. The molecule has 2 N–H and O–H groups in total. The zero-order valence-electron chi connectivity index (χ0n) is 12.2. The number of amides is 1. The second kappa shape index (κ2) is 6.93. The summed E-state index contributed by atoms with van der Waals surface area (Å²) in [6.45, 7) is 5.32. The van der Waals surface area contributed by atoms with E-state index in [0.717, 1.165) is 11.3 Å². The molecule has 0 aromatic heterocycles. The van der Waals surface area contributed by atoms with Gasteiger partial charge in [0, 0.05) is 0 Å². The molecule has 1 amide bonds. The summed E-state index contributed by atoms with van der Waals surface area (Å²) in [5, 5.41) is 11.7. The highest BCUT2D eigenvalue weighted by Crippen LogP contribution is 2.24. The van der Waals surface area contributed by atoms with E-state index < -0.39 is 17.8 Å². The standard InChI is InChI=1S/C15H21NO4/c1-9(2)13(16-14(17)10(3)15(18)19)11-5-7-12(20-4)8-6-11/h5-10,13H,1-4H3,(H,16,17)(H,18,19). The van der Waals surface area contributed by atoms with Gasteiger partial charge in [0.25, 0.3) is 0 Å². The van der Waals surface area contributed by atoms with Gasteiger partial charge in [-0.05, 0) is 30.5 Å². The van der Waals surface area contributed by atoms with Gasteiger partial charge in [0.15, 0.2) is 0 Å². The first-order chi connectivity index (χ1) is 9.36. The molecule has 1 aromatic rings. The molecule has 0 fully saturated rings. The summed E-state index contributed by atoms with van der Waals surface area (Å²) in [6, 6.07) is 7.15. The number of aliphatic carboxylic acids is 1. The van der Waals surface area contributed by atoms with Gasteiger partial charge in [0.2, 0.25) is 5.91 Å². The minimum absolute atomic E-state index is 0.147. The van der Waals surface area contributed by atoms with E-state index in [1.807, 2.05) is 38.1 Å². The Balaban J connectivity index is 2.88. The lowest BCUT2D eigenvalue weighted by atomic mass is 9.95. The molecule has 0 spiro atoms. The lowest BCUT2D eigenvalue weighted by Gasteiger charge is -2.24. The van der Waals surface area contributed by atoms with Gasteiger partial charge in [0.1, 0.15) is 11.7 Å². The third kappa shape index (κ3) is 3.98. The molecule has 1 rings (SSSR count). The van der Waals surface area contributed by atoms with Crippen molar-refractivity contribution in [1.29, 1.82) is 0 Å². The van der Waals surface area contributed by atoms with Gasteiger partial charge in [-0.3, -0.25) is 9.59 Å². The molecular weight excluding hydrogens is 258 g/mol. The Hall–Kier alpha value is -2.04. The predicted octanol–water partition coefficient (Wildman–Crippen LogP) is 2.23. The fraction of sp³-hybridized carbons (Fsp3) is 0.467. The fourth-order valence-corrected chi connectivity index (χ4v) is 1.84. The van der Waals surface area contributed by atoms with E-state index in [1.165, 1.54) is 6.92 Å². The highest BCUT2D eigenvalue weighted by Gasteiger charge is 2.25. The van der Waals surface area contributed by atoms with Crippen LogP contribution >= 0.6 is 0 Å². The normalized spacial score (nSPS) is 13.7. The number of ether oxygens (including phenoxy) is 1. The Morgan fingerprint density at radius 3 is 2.10 bits per heavy atom. The average molecular weight is 279 g/mol. The molecule has 5 nitrogen and oxygen atoms in total. The monoisotopic (exact) mass is 279 g/mol. The van der Waals surface area contributed by atoms with Crippen LogP contribution in [-0.2, 0) is 9.59 Å². The number of carbonyl (C=O) groups is 2. The van der Waals surface area contributed by atoms with Crippen LogP contribution in [0.25, 0.3) is 0 Å². The molecular formula is C15H21NO4. The van der Waals surface area contributed by atoms with E-state index in [-0.39, 0.29) is 12.0 Å². The van der Waals surface area contributed by atoms with Crippen LogP contribution in [-0.4, -0.2) is 24.1 Å². The lowest BCUT2D eigenvalue weighted by molar-refractivity contribution is -0.146. The number of carboxylic acid groups (broad SMARTS) is 1. The molecule has 0 saturated heterocycles. The summed E-state index contributed by atoms with van der Waals surface area (Å²) in [5.74, 6) is -1.78. The number of nitrogens with one attached hydrogen (secondary N) is 1. The van der Waals surface area contributed by atoms with E-state index in [0.29, 0.717) is 0 Å². The molecule has 0 bridgehead atoms. The smallest absolute Gasteiger partial charge is 0.315 e. The van der Waals surface area contributed by atoms with Crippen molar-refractivity contribution in [3.8, 4) is 5.75 Å². The van der Waals surface area contributed by atoms with Crippen LogP contribution in [0.1, 0.15) is 32.4 Å². The van der Waals surface area contributed by atoms with Crippen molar-refractivity contribution in [3.05, 3.63) is 29.8 Å². The van der Waals surface area contributed by atoms with E-state index in [9.17, 15) is 9.59 Å². The second-order valence-electron chi connectivity index (χ2n) is 5.06. The quantitative estimate of drug-likeness (QED) is 0.783. The molecule has 0 aliphatic rings. The number of benzene rings is 1. The largest absolute Gasteiger partial charge is 0.497 e. The topological polar surface area (TPSA) is 75.6 Å². The van der Waals surface area contributed by atoms with Gasteiger partial charge in [-0.15, -0.1) is 0 Å². The Kier molecular flexibility index (Phi) is 5.55. The van der Waals surface area contributed by atoms with Crippen LogP contribution in [0.2, 0.25) is 0 Å². The minimum Gasteiger partial charge on any atom is -0.497 e. The number of hydrogen-bond acceptors (Lipinski definition) is 3. The first-order valence-corrected chi connectivity index (χ1v) is 6.54. The highest BCUT2D eigenvalue weighted by atomic mass is 16.5. The number of carbonyl (C=O) groups excluding carboxylic acids is 1. The van der Waals surface area contributed by atoms with Gasteiger partial charge in [-0.1, -0.05) is 26.0 Å². The predicted molar refractivity (Wildman–Crippen MR) is 75.5 cm³/mol. The maximum Gasteiger partial charge on any atom is 0.315 e. The molecule has 2 unspecified atom stereocenters. The second-order valence-corrected chi connectivity index (χ2v) is 5.06. The Bertz CT molecular complexity index is 467. The Morgan fingerprint density at radius 1 is 1.15 bits per heavy atom. The molecule has 5 heteroatoms. The van der Waals surface area contributed by atoms with Crippen molar-refractivity contribution in [2.24, 2.45) is 11.8 Å². The third-order valence-corrected chi connectivity index (χ3v) is 3.20. The molecule has 2 atom stereocenters. The van der Waals surface area contributed by atoms with E-state index >= 15 is 0 Å². The molecule has 0 saturated carbocycles. The zero-order valence-corrected chi connectivity index (χ0v) is 12.2. The summed E-state index contributed by atoms with van der Waals surface area (Å²) in [4.78, 5) is 22.7. The summed E-state index contributed by atoms with van der Waals surface area (Å²) < 4.78 is 5.10. The molecule has 20 heavy (non-hydrogen) atoms. The number of rotatable bonds is 6. The van der Waals surface area contributed by atoms with Crippen molar-refractivity contribution < 1.29 is 19.4 Å². The SMILES string of the molecule is COc1ccc(C(NC(=O)C(C)C(=O)O)C(C)C)cc1. The molecule has 0 aliphatic heterocycles. The molecule has 0 radical (unpaired) electrons. The Morgan fingerprint density at radius 2 is 1.70 bits per heavy atom. The van der Waals surface area contributed by atoms with E-state index in [1.54, 1.807) is 7.11 Å². The van der Waals surface area contributed by atoms with Gasteiger partial charge in [0.05, 0.1) is 13.2 Å². The van der Waals surface area contributed by atoms with Gasteiger partial charge < -0.3 is 15.2 Å². The maximum absolute atomic E-state index is 11.9. The van der Waals surface area contributed by atoms with Crippen LogP contribution < -0.4 is 10.1 Å². The number of carboxylic acids is 1. The molecule has 110 valence electrons. The van der Waals surface area contributed by atoms with Gasteiger partial charge >= 0.3 is 5.97 Å². The summed E-state index contributed by atoms with van der Waals surface area (Å²) in [6.07, 6.45) is 0. The van der Waals surface area contributed by atoms with Gasteiger partial charge in [-0.2, -0.15) is 0 Å². The summed E-state index contributed by atoms with van der Waals surface area (Å²) >= 11 is 0. The Labute approximate surface area is 118 Å². The van der Waals surface area contributed by atoms with Crippen molar-refractivity contribution >= 4 is 11.9 Å². The third-order valence-electron chi connectivity index (χ3n) is 3.20. The van der Waals surface area contributed by atoms with Crippen molar-refractivity contribution in [2.45, 2.75) is 26.8 Å². The molecule has 1 aromatic carbocycles. The van der Waals surface area contributed by atoms with Crippen LogP contribution in [0.15, 0.2) is 24.3 Å². The first-order valence-electron chi connectivity index (χ1n) is 6.54. The highest BCUT2D eigenvalue weighted by molar-refractivity contribution is 5.96. The molecule has 0 aliphatic carbocycles.